The van der Waals surface area contributed by atoms with E-state index in [1.54, 1.807) is 42.6 Å². The smallest absolute Gasteiger partial charge is 0.273 e. The molecule has 0 bridgehead atoms. The van der Waals surface area contributed by atoms with Gasteiger partial charge in [0.1, 0.15) is 0 Å². The number of aromatic nitrogens is 1. The molecule has 3 rings (SSSR count). The Morgan fingerprint density at radius 1 is 0.929 bits per heavy atom. The Morgan fingerprint density at radius 2 is 1.68 bits per heavy atom. The van der Waals surface area contributed by atoms with Gasteiger partial charge in [-0.3, -0.25) is 14.6 Å². The third kappa shape index (κ3) is 4.67. The summed E-state index contributed by atoms with van der Waals surface area (Å²) in [5.41, 5.74) is 6.93. The summed E-state index contributed by atoms with van der Waals surface area (Å²) in [5, 5.41) is 6.77. The number of benzene rings is 2. The zero-order valence-electron chi connectivity index (χ0n) is 15.6. The highest BCUT2D eigenvalue weighted by atomic mass is 16.2. The monoisotopic (exact) mass is 372 g/mol. The fourth-order valence-corrected chi connectivity index (χ4v) is 2.56. The number of aryl methyl sites for hydroxylation is 2. The topological polar surface area (TPSA) is 83.5 Å². The Balaban J connectivity index is 1.71. The predicted molar refractivity (Wildman–Crippen MR) is 110 cm³/mol. The molecule has 28 heavy (non-hydrogen) atoms. The van der Waals surface area contributed by atoms with E-state index in [-0.39, 0.29) is 5.91 Å². The highest BCUT2D eigenvalue weighted by molar-refractivity contribution is 6.09. The Kier molecular flexibility index (Phi) is 5.91. The Labute approximate surface area is 163 Å². The molecule has 0 aliphatic rings. The van der Waals surface area contributed by atoms with Crippen LogP contribution in [0.1, 0.15) is 37.4 Å². The van der Waals surface area contributed by atoms with Crippen LogP contribution in [0.3, 0.4) is 0 Å². The lowest BCUT2D eigenvalue weighted by atomic mass is 10.1. The van der Waals surface area contributed by atoms with E-state index in [9.17, 15) is 9.59 Å². The Morgan fingerprint density at radius 3 is 2.43 bits per heavy atom. The number of hydrogen-bond acceptors (Lipinski definition) is 4. The standard InChI is InChI=1S/C22H20N4O2/c1-15-7-8-17(13-16(15)2)14-24-26-22(28)19-5-3-4-6-20(19)25-21(27)18-9-11-23-12-10-18/h3-14H,1-2H3,(H,25,27)(H,26,28). The summed E-state index contributed by atoms with van der Waals surface area (Å²) in [6, 6.07) is 15.9. The normalized spacial score (nSPS) is 10.6. The van der Waals surface area contributed by atoms with E-state index in [1.165, 1.54) is 18.0 Å². The molecule has 6 nitrogen and oxygen atoms in total. The molecule has 0 unspecified atom stereocenters. The second-order valence-electron chi connectivity index (χ2n) is 6.28. The molecular formula is C22H20N4O2. The zero-order chi connectivity index (χ0) is 19.9. The number of para-hydroxylation sites is 1. The van der Waals surface area contributed by atoms with Crippen molar-refractivity contribution in [1.82, 2.24) is 10.4 Å². The molecule has 6 heteroatoms. The van der Waals surface area contributed by atoms with Crippen molar-refractivity contribution in [2.75, 3.05) is 5.32 Å². The van der Waals surface area contributed by atoms with Gasteiger partial charge in [0.15, 0.2) is 0 Å². The van der Waals surface area contributed by atoms with Gasteiger partial charge in [0, 0.05) is 18.0 Å². The number of hydrogen-bond donors (Lipinski definition) is 2. The SMILES string of the molecule is Cc1ccc(C=NNC(=O)c2ccccc2NC(=O)c2ccncc2)cc1C. The zero-order valence-corrected chi connectivity index (χ0v) is 15.6. The van der Waals surface area contributed by atoms with Gasteiger partial charge < -0.3 is 5.32 Å². The minimum absolute atomic E-state index is 0.318. The van der Waals surface area contributed by atoms with Gasteiger partial charge in [-0.2, -0.15) is 5.10 Å². The molecule has 2 aromatic carbocycles. The summed E-state index contributed by atoms with van der Waals surface area (Å²) in [6.45, 7) is 4.06. The summed E-state index contributed by atoms with van der Waals surface area (Å²) in [6.07, 6.45) is 4.66. The van der Waals surface area contributed by atoms with Crippen molar-refractivity contribution < 1.29 is 9.59 Å². The first kappa shape index (κ1) is 19.0. The van der Waals surface area contributed by atoms with E-state index in [4.69, 9.17) is 0 Å². The van der Waals surface area contributed by atoms with Gasteiger partial charge in [-0.1, -0.05) is 30.3 Å². The molecule has 3 aromatic rings. The molecule has 0 aliphatic carbocycles. The molecule has 0 spiro atoms. The summed E-state index contributed by atoms with van der Waals surface area (Å²) < 4.78 is 0. The molecule has 0 fully saturated rings. The van der Waals surface area contributed by atoms with Gasteiger partial charge >= 0.3 is 0 Å². The minimum atomic E-state index is -0.411. The highest BCUT2D eigenvalue weighted by Crippen LogP contribution is 2.16. The summed E-state index contributed by atoms with van der Waals surface area (Å²) in [5.74, 6) is -0.730. The number of anilines is 1. The van der Waals surface area contributed by atoms with Crippen molar-refractivity contribution in [2.24, 2.45) is 5.10 Å². The maximum Gasteiger partial charge on any atom is 0.273 e. The molecule has 1 heterocycles. The van der Waals surface area contributed by atoms with Crippen LogP contribution in [0.2, 0.25) is 0 Å². The maximum atomic E-state index is 12.5. The van der Waals surface area contributed by atoms with Crippen molar-refractivity contribution in [2.45, 2.75) is 13.8 Å². The average molecular weight is 372 g/mol. The summed E-state index contributed by atoms with van der Waals surface area (Å²) in [7, 11) is 0. The van der Waals surface area contributed by atoms with E-state index in [1.807, 2.05) is 32.0 Å². The van der Waals surface area contributed by atoms with Gasteiger partial charge in [0.05, 0.1) is 17.5 Å². The average Bonchev–Trinajstić information content (AvgIpc) is 2.71. The molecule has 1 aromatic heterocycles. The van der Waals surface area contributed by atoms with E-state index < -0.39 is 5.91 Å². The van der Waals surface area contributed by atoms with Crippen LogP contribution in [0.15, 0.2) is 72.1 Å². The van der Waals surface area contributed by atoms with Gasteiger partial charge in [-0.15, -0.1) is 0 Å². The number of hydrazone groups is 1. The third-order valence-corrected chi connectivity index (χ3v) is 4.27. The molecular weight excluding hydrogens is 352 g/mol. The first-order chi connectivity index (χ1) is 13.5. The highest BCUT2D eigenvalue weighted by Gasteiger charge is 2.13. The van der Waals surface area contributed by atoms with Gasteiger partial charge in [-0.25, -0.2) is 5.43 Å². The van der Waals surface area contributed by atoms with Crippen LogP contribution in [0.5, 0.6) is 0 Å². The number of amides is 2. The minimum Gasteiger partial charge on any atom is -0.321 e. The van der Waals surface area contributed by atoms with Crippen LogP contribution in [0.4, 0.5) is 5.69 Å². The van der Waals surface area contributed by atoms with Gasteiger partial charge in [0.25, 0.3) is 11.8 Å². The molecule has 2 N–H and O–H groups in total. The van der Waals surface area contributed by atoms with Crippen LogP contribution < -0.4 is 10.7 Å². The van der Waals surface area contributed by atoms with E-state index >= 15 is 0 Å². The molecule has 0 radical (unpaired) electrons. The second kappa shape index (κ2) is 8.73. The molecule has 0 aliphatic heterocycles. The van der Waals surface area contributed by atoms with Crippen molar-refractivity contribution in [3.05, 3.63) is 94.8 Å². The Bertz CT molecular complexity index is 1030. The first-order valence-corrected chi connectivity index (χ1v) is 8.75. The van der Waals surface area contributed by atoms with Crippen LogP contribution in [-0.4, -0.2) is 23.0 Å². The van der Waals surface area contributed by atoms with Crippen LogP contribution >= 0.6 is 0 Å². The molecule has 0 atom stereocenters. The number of nitrogens with zero attached hydrogens (tertiary/aromatic N) is 2. The van der Waals surface area contributed by atoms with Crippen LogP contribution in [0, 0.1) is 13.8 Å². The molecule has 0 saturated heterocycles. The first-order valence-electron chi connectivity index (χ1n) is 8.75. The molecule has 0 saturated carbocycles. The van der Waals surface area contributed by atoms with E-state index in [2.05, 4.69) is 20.8 Å². The van der Waals surface area contributed by atoms with Crippen LogP contribution in [0.25, 0.3) is 0 Å². The number of carbonyl (C=O) groups excluding carboxylic acids is 2. The van der Waals surface area contributed by atoms with E-state index in [0.29, 0.717) is 16.8 Å². The molecule has 2 amide bonds. The quantitative estimate of drug-likeness (QED) is 0.529. The fourth-order valence-electron chi connectivity index (χ4n) is 2.56. The lowest BCUT2D eigenvalue weighted by molar-refractivity contribution is 0.0956. The number of carbonyl (C=O) groups is 2. The summed E-state index contributed by atoms with van der Waals surface area (Å²) in [4.78, 5) is 28.7. The predicted octanol–water partition coefficient (Wildman–Crippen LogP) is 3.71. The van der Waals surface area contributed by atoms with Gasteiger partial charge in [0.2, 0.25) is 0 Å². The Hall–Kier alpha value is -3.80. The lowest BCUT2D eigenvalue weighted by Crippen LogP contribution is -2.21. The van der Waals surface area contributed by atoms with E-state index in [0.717, 1.165) is 11.1 Å². The van der Waals surface area contributed by atoms with Crippen molar-refractivity contribution in [3.8, 4) is 0 Å². The number of rotatable bonds is 5. The molecule has 140 valence electrons. The van der Waals surface area contributed by atoms with Crippen molar-refractivity contribution in [1.29, 1.82) is 0 Å². The maximum absolute atomic E-state index is 12.5. The van der Waals surface area contributed by atoms with Gasteiger partial charge in [-0.05, 0) is 54.8 Å². The van der Waals surface area contributed by atoms with Crippen molar-refractivity contribution in [3.63, 3.8) is 0 Å². The largest absolute Gasteiger partial charge is 0.321 e. The lowest BCUT2D eigenvalue weighted by Gasteiger charge is -2.10. The van der Waals surface area contributed by atoms with Crippen molar-refractivity contribution >= 4 is 23.7 Å². The second-order valence-corrected chi connectivity index (χ2v) is 6.28. The number of nitrogens with one attached hydrogen (secondary N) is 2. The van der Waals surface area contributed by atoms with Crippen LogP contribution in [-0.2, 0) is 0 Å². The fraction of sp³-hybridized carbons (Fsp3) is 0.0909. The number of pyridine rings is 1. The summed E-state index contributed by atoms with van der Waals surface area (Å²) >= 11 is 0. The third-order valence-electron chi connectivity index (χ3n) is 4.27.